The van der Waals surface area contributed by atoms with E-state index in [1.807, 2.05) is 6.92 Å². The summed E-state index contributed by atoms with van der Waals surface area (Å²) in [6.45, 7) is 2.90. The van der Waals surface area contributed by atoms with Crippen LogP contribution in [0.1, 0.15) is 6.92 Å². The maximum absolute atomic E-state index is 14.9. The van der Waals surface area contributed by atoms with Gasteiger partial charge in [-0.1, -0.05) is 18.5 Å². The summed E-state index contributed by atoms with van der Waals surface area (Å²) in [4.78, 5) is 21.3. The molecule has 1 aromatic carbocycles. The van der Waals surface area contributed by atoms with E-state index in [0.29, 0.717) is 51.7 Å². The topological polar surface area (TPSA) is 106 Å². The van der Waals surface area contributed by atoms with Crippen molar-refractivity contribution in [1.82, 2.24) is 24.6 Å². The minimum absolute atomic E-state index is 0.0370. The fourth-order valence-electron chi connectivity index (χ4n) is 3.68. The molecule has 1 aliphatic heterocycles. The molecule has 9 nitrogen and oxygen atoms in total. The van der Waals surface area contributed by atoms with E-state index in [1.54, 1.807) is 29.2 Å². The van der Waals surface area contributed by atoms with Gasteiger partial charge in [0.05, 0.1) is 52.9 Å². The molecule has 12 heteroatoms. The highest BCUT2D eigenvalue weighted by molar-refractivity contribution is 7.98. The van der Waals surface area contributed by atoms with Gasteiger partial charge in [-0.15, -0.1) is 11.8 Å². The number of aromatic amines is 1. The molecule has 1 amide bonds. The summed E-state index contributed by atoms with van der Waals surface area (Å²) in [5, 5.41) is 10.1. The lowest BCUT2D eigenvalue weighted by molar-refractivity contribution is 0.0844. The highest BCUT2D eigenvalue weighted by atomic mass is 35.5. The van der Waals surface area contributed by atoms with E-state index in [4.69, 9.17) is 21.1 Å². The Morgan fingerprint density at radius 3 is 3.00 bits per heavy atom. The van der Waals surface area contributed by atoms with Crippen LogP contribution in [0.3, 0.4) is 0 Å². The summed E-state index contributed by atoms with van der Waals surface area (Å²) in [6.07, 6.45) is 7.25. The number of thioether (sulfide) groups is 1. The van der Waals surface area contributed by atoms with Crippen molar-refractivity contribution in [1.29, 1.82) is 0 Å². The van der Waals surface area contributed by atoms with Crippen LogP contribution in [0.25, 0.3) is 27.8 Å². The molecule has 1 fully saturated rings. The van der Waals surface area contributed by atoms with Crippen molar-refractivity contribution in [3.05, 3.63) is 35.6 Å². The molecule has 2 atom stereocenters. The number of amides is 1. The van der Waals surface area contributed by atoms with Crippen molar-refractivity contribution in [2.45, 2.75) is 17.9 Å². The number of imidazole rings is 1. The Kier molecular flexibility index (Phi) is 5.39. The van der Waals surface area contributed by atoms with Gasteiger partial charge in [-0.3, -0.25) is 15.4 Å². The smallest absolute Gasteiger partial charge is 0.413 e. The molecule has 32 heavy (non-hydrogen) atoms. The maximum Gasteiger partial charge on any atom is 0.413 e. The molecule has 1 aliphatic rings. The Hall–Kier alpha value is -2.89. The highest BCUT2D eigenvalue weighted by Gasteiger charge is 2.28. The van der Waals surface area contributed by atoms with Gasteiger partial charge in [-0.2, -0.15) is 5.10 Å². The fourth-order valence-corrected chi connectivity index (χ4v) is 4.67. The van der Waals surface area contributed by atoms with Crippen LogP contribution >= 0.6 is 23.4 Å². The van der Waals surface area contributed by atoms with E-state index in [9.17, 15) is 9.18 Å². The lowest BCUT2D eigenvalue weighted by Crippen LogP contribution is -2.27. The zero-order valence-corrected chi connectivity index (χ0v) is 18.6. The lowest BCUT2D eigenvalue weighted by Gasteiger charge is -2.14. The molecule has 5 rings (SSSR count). The number of hydrogen-bond donors (Lipinski definition) is 2. The number of carbonyl (C=O) groups is 1. The van der Waals surface area contributed by atoms with Crippen LogP contribution in [-0.4, -0.2) is 56.2 Å². The van der Waals surface area contributed by atoms with E-state index in [0.717, 1.165) is 0 Å². The van der Waals surface area contributed by atoms with E-state index < -0.39 is 11.9 Å². The van der Waals surface area contributed by atoms with Crippen LogP contribution in [-0.2, 0) is 9.47 Å². The Labute approximate surface area is 190 Å². The van der Waals surface area contributed by atoms with Gasteiger partial charge in [-0.25, -0.2) is 14.2 Å². The van der Waals surface area contributed by atoms with Gasteiger partial charge in [0.1, 0.15) is 6.10 Å². The third kappa shape index (κ3) is 3.55. The SMILES string of the molecule is CSc1c(F)c(Cl)c(-c2cn3cc(NC(=O)OC4COCC4C)nc3cn2)c2cn[nH]c12. The zero-order valence-electron chi connectivity index (χ0n) is 17.1. The fraction of sp³-hybridized carbons (Fsp3) is 0.300. The third-order valence-corrected chi connectivity index (χ3v) is 6.48. The van der Waals surface area contributed by atoms with Gasteiger partial charge >= 0.3 is 6.09 Å². The standard InChI is InChI=1S/C20H18ClFN6O3S/c1-9-7-30-8-12(9)31-20(29)26-13-6-28-5-11(23-4-14(28)25-13)15-10-3-24-27-18(10)19(32-2)17(22)16(15)21/h3-6,9,12H,7-8H2,1-2H3,(H,24,27)(H,26,29). The van der Waals surface area contributed by atoms with Crippen LogP contribution in [0.5, 0.6) is 0 Å². The van der Waals surface area contributed by atoms with Crippen molar-refractivity contribution in [3.63, 3.8) is 0 Å². The number of ether oxygens (including phenoxy) is 2. The number of halogens is 2. The number of nitrogens with one attached hydrogen (secondary N) is 2. The Morgan fingerprint density at radius 2 is 2.25 bits per heavy atom. The first-order valence-corrected chi connectivity index (χ1v) is 11.3. The average molecular weight is 477 g/mol. The number of nitrogens with zero attached hydrogens (tertiary/aromatic N) is 4. The average Bonchev–Trinajstić information content (AvgIpc) is 3.49. The normalized spacial score (nSPS) is 18.5. The second-order valence-electron chi connectivity index (χ2n) is 7.44. The molecule has 4 aromatic rings. The predicted octanol–water partition coefficient (Wildman–Crippen LogP) is 4.37. The maximum atomic E-state index is 14.9. The number of anilines is 1. The Morgan fingerprint density at radius 1 is 1.41 bits per heavy atom. The van der Waals surface area contributed by atoms with Gasteiger partial charge in [0.2, 0.25) is 0 Å². The number of fused-ring (bicyclic) bond motifs is 2. The summed E-state index contributed by atoms with van der Waals surface area (Å²) in [7, 11) is 0. The quantitative estimate of drug-likeness (QED) is 0.421. The first kappa shape index (κ1) is 21.0. The number of carbonyl (C=O) groups excluding carboxylic acids is 1. The molecule has 0 spiro atoms. The van der Waals surface area contributed by atoms with Crippen molar-refractivity contribution < 1.29 is 18.7 Å². The van der Waals surface area contributed by atoms with E-state index >= 15 is 0 Å². The summed E-state index contributed by atoms with van der Waals surface area (Å²) in [5.41, 5.74) is 1.90. The van der Waals surface area contributed by atoms with Crippen LogP contribution < -0.4 is 5.32 Å². The number of H-pyrrole nitrogens is 1. The van der Waals surface area contributed by atoms with Crippen LogP contribution in [0, 0.1) is 11.7 Å². The van der Waals surface area contributed by atoms with Gasteiger partial charge in [0.15, 0.2) is 17.3 Å². The molecule has 2 N–H and O–H groups in total. The van der Waals surface area contributed by atoms with Crippen molar-refractivity contribution in [2.75, 3.05) is 24.8 Å². The second kappa shape index (κ2) is 8.23. The number of aromatic nitrogens is 5. The zero-order chi connectivity index (χ0) is 22.4. The Bertz CT molecular complexity index is 1340. The highest BCUT2D eigenvalue weighted by Crippen LogP contribution is 2.41. The van der Waals surface area contributed by atoms with Gasteiger partial charge in [-0.05, 0) is 6.26 Å². The summed E-state index contributed by atoms with van der Waals surface area (Å²) in [6, 6.07) is 0. The molecule has 3 aromatic heterocycles. The number of rotatable bonds is 4. The predicted molar refractivity (Wildman–Crippen MR) is 119 cm³/mol. The molecule has 166 valence electrons. The minimum Gasteiger partial charge on any atom is -0.443 e. The van der Waals surface area contributed by atoms with Crippen molar-refractivity contribution >= 4 is 51.8 Å². The van der Waals surface area contributed by atoms with Crippen LogP contribution in [0.2, 0.25) is 5.02 Å². The number of benzene rings is 1. The first-order valence-electron chi connectivity index (χ1n) is 9.74. The Balaban J connectivity index is 1.47. The van der Waals surface area contributed by atoms with E-state index in [1.165, 1.54) is 18.0 Å². The molecular formula is C20H18ClFN6O3S. The lowest BCUT2D eigenvalue weighted by atomic mass is 10.1. The van der Waals surface area contributed by atoms with Gasteiger partial charge < -0.3 is 13.9 Å². The third-order valence-electron chi connectivity index (χ3n) is 5.34. The summed E-state index contributed by atoms with van der Waals surface area (Å²) in [5.74, 6) is -0.103. The molecule has 0 bridgehead atoms. The molecule has 0 aliphatic carbocycles. The molecule has 4 heterocycles. The van der Waals surface area contributed by atoms with Gasteiger partial charge in [0, 0.05) is 23.1 Å². The molecule has 0 saturated carbocycles. The van der Waals surface area contributed by atoms with Crippen LogP contribution in [0.15, 0.2) is 29.7 Å². The van der Waals surface area contributed by atoms with E-state index in [-0.39, 0.29) is 17.0 Å². The van der Waals surface area contributed by atoms with E-state index in [2.05, 4.69) is 25.5 Å². The largest absolute Gasteiger partial charge is 0.443 e. The first-order chi connectivity index (χ1) is 15.5. The molecule has 1 saturated heterocycles. The van der Waals surface area contributed by atoms with Crippen molar-refractivity contribution in [2.24, 2.45) is 5.92 Å². The molecular weight excluding hydrogens is 459 g/mol. The summed E-state index contributed by atoms with van der Waals surface area (Å²) < 4.78 is 27.3. The minimum atomic E-state index is -0.609. The van der Waals surface area contributed by atoms with Gasteiger partial charge in [0.25, 0.3) is 0 Å². The van der Waals surface area contributed by atoms with Crippen molar-refractivity contribution in [3.8, 4) is 11.3 Å². The van der Waals surface area contributed by atoms with Crippen LogP contribution in [0.4, 0.5) is 15.0 Å². The second-order valence-corrected chi connectivity index (χ2v) is 8.64. The monoisotopic (exact) mass is 476 g/mol. The number of hydrogen-bond acceptors (Lipinski definition) is 7. The molecule has 0 radical (unpaired) electrons. The summed E-state index contributed by atoms with van der Waals surface area (Å²) >= 11 is 7.63. The molecule has 2 unspecified atom stereocenters.